The lowest BCUT2D eigenvalue weighted by molar-refractivity contribution is 0.661. The van der Waals surface area contributed by atoms with E-state index in [0.29, 0.717) is 0 Å². The molecule has 1 aliphatic carbocycles. The van der Waals surface area contributed by atoms with E-state index in [9.17, 15) is 0 Å². The Kier molecular flexibility index (Phi) is 8.12. The summed E-state index contributed by atoms with van der Waals surface area (Å²) in [6.07, 6.45) is 1.25. The Labute approximate surface area is 329 Å². The fourth-order valence-electron chi connectivity index (χ4n) is 9.36. The molecule has 0 radical (unpaired) electrons. The second kappa shape index (κ2) is 13.4. The van der Waals surface area contributed by atoms with Crippen LogP contribution >= 0.6 is 0 Å². The summed E-state index contributed by atoms with van der Waals surface area (Å²) in [5.41, 5.74) is 12.9. The van der Waals surface area contributed by atoms with Crippen LogP contribution in [0.15, 0.2) is 182 Å². The van der Waals surface area contributed by atoms with Crippen LogP contribution in [0, 0.1) is 0 Å². The minimum absolute atomic E-state index is 0.186. The largest absolute Gasteiger partial charge is 0.0656 e. The topological polar surface area (TPSA) is 0 Å². The van der Waals surface area contributed by atoms with Crippen LogP contribution in [-0.4, -0.2) is 0 Å². The molecule has 268 valence electrons. The zero-order valence-corrected chi connectivity index (χ0v) is 32.5. The molecule has 10 aromatic rings. The summed E-state index contributed by atoms with van der Waals surface area (Å²) in [4.78, 5) is 0. The highest BCUT2D eigenvalue weighted by molar-refractivity contribution is 6.23. The van der Waals surface area contributed by atoms with E-state index in [1.54, 1.807) is 0 Å². The van der Waals surface area contributed by atoms with Crippen molar-refractivity contribution in [2.75, 3.05) is 0 Å². The monoisotopic (exact) mass is 716 g/mol. The molecule has 11 rings (SSSR count). The zero-order valence-electron chi connectivity index (χ0n) is 32.5. The van der Waals surface area contributed by atoms with Gasteiger partial charge in [-0.25, -0.2) is 0 Å². The third-order valence-corrected chi connectivity index (χ3v) is 12.0. The van der Waals surface area contributed by atoms with Gasteiger partial charge in [0, 0.05) is 5.41 Å². The Morgan fingerprint density at radius 2 is 0.786 bits per heavy atom. The second-order valence-electron chi connectivity index (χ2n) is 16.0. The van der Waals surface area contributed by atoms with Crippen molar-refractivity contribution in [2.24, 2.45) is 0 Å². The summed E-state index contributed by atoms with van der Waals surface area (Å²) in [6.45, 7) is 9.08. The van der Waals surface area contributed by atoms with Crippen LogP contribution in [0.25, 0.3) is 98.4 Å². The maximum absolute atomic E-state index is 2.55. The maximum Gasteiger partial charge on any atom is 0.0159 e. The van der Waals surface area contributed by atoms with Crippen molar-refractivity contribution < 1.29 is 0 Å². The third kappa shape index (κ3) is 5.35. The number of hydrogen-bond donors (Lipinski definition) is 0. The second-order valence-corrected chi connectivity index (χ2v) is 16.0. The van der Waals surface area contributed by atoms with Gasteiger partial charge in [0.15, 0.2) is 0 Å². The van der Waals surface area contributed by atoms with Gasteiger partial charge in [-0.15, -0.1) is 0 Å². The van der Waals surface area contributed by atoms with Gasteiger partial charge < -0.3 is 0 Å². The van der Waals surface area contributed by atoms with E-state index in [1.165, 1.54) is 116 Å². The predicted molar refractivity (Wildman–Crippen MR) is 244 cm³/mol. The molecule has 0 aromatic heterocycles. The van der Waals surface area contributed by atoms with Crippen molar-refractivity contribution in [3.05, 3.63) is 193 Å². The van der Waals surface area contributed by atoms with Gasteiger partial charge in [-0.05, 0) is 140 Å². The molecule has 0 heterocycles. The highest BCUT2D eigenvalue weighted by atomic mass is 14.4. The van der Waals surface area contributed by atoms with Crippen molar-refractivity contribution >= 4 is 53.9 Å². The van der Waals surface area contributed by atoms with E-state index < -0.39 is 0 Å². The minimum atomic E-state index is -0.186. The maximum atomic E-state index is 2.55. The van der Waals surface area contributed by atoms with E-state index in [2.05, 4.69) is 210 Å². The minimum Gasteiger partial charge on any atom is -0.0656 e. The summed E-state index contributed by atoms with van der Waals surface area (Å²) in [5, 5.41) is 12.8. The standard InChI is InChI=1S/C53H36.C3H8/c1-53(2)49-30-38(42-21-11-17-35-14-7-8-18-41(35)42)26-27-43(49)46-31-47-48(32-50(46)53)52(40-25-23-34-13-4-6-16-37(34)29-40)45-20-10-9-19-44(45)51(47)39-24-22-33-12-3-5-15-36(33)28-39;1-3-2/h3-32H,1-2H3;3H2,1-2H3. The Bertz CT molecular complexity index is 3150. The zero-order chi connectivity index (χ0) is 38.0. The summed E-state index contributed by atoms with van der Waals surface area (Å²) in [5.74, 6) is 0. The third-order valence-electron chi connectivity index (χ3n) is 12.0. The molecule has 1 aliphatic rings. The normalized spacial score (nSPS) is 12.9. The molecule has 0 saturated carbocycles. The van der Waals surface area contributed by atoms with E-state index >= 15 is 0 Å². The molecule has 0 aliphatic heterocycles. The van der Waals surface area contributed by atoms with E-state index in [4.69, 9.17) is 0 Å². The van der Waals surface area contributed by atoms with E-state index in [0.717, 1.165) is 0 Å². The first-order valence-corrected chi connectivity index (χ1v) is 20.1. The molecular weight excluding hydrogens is 673 g/mol. The smallest absolute Gasteiger partial charge is 0.0159 e. The molecule has 56 heavy (non-hydrogen) atoms. The molecule has 0 unspecified atom stereocenters. The quantitative estimate of drug-likeness (QED) is 0.160. The van der Waals surface area contributed by atoms with Gasteiger partial charge in [0.1, 0.15) is 0 Å². The lowest BCUT2D eigenvalue weighted by Crippen LogP contribution is -2.15. The fourth-order valence-corrected chi connectivity index (χ4v) is 9.36. The lowest BCUT2D eigenvalue weighted by atomic mass is 9.79. The first-order valence-electron chi connectivity index (χ1n) is 20.1. The van der Waals surface area contributed by atoms with Crippen LogP contribution in [-0.2, 0) is 5.41 Å². The number of fused-ring (bicyclic) bond motifs is 8. The van der Waals surface area contributed by atoms with E-state index in [1.807, 2.05) is 0 Å². The molecule has 10 aromatic carbocycles. The molecule has 0 saturated heterocycles. The predicted octanol–water partition coefficient (Wildman–Crippen LogP) is 16.2. The summed E-state index contributed by atoms with van der Waals surface area (Å²) in [7, 11) is 0. The average Bonchev–Trinajstić information content (AvgIpc) is 3.46. The van der Waals surface area contributed by atoms with Gasteiger partial charge in [0.2, 0.25) is 0 Å². The highest BCUT2D eigenvalue weighted by Gasteiger charge is 2.37. The molecule has 0 N–H and O–H groups in total. The van der Waals surface area contributed by atoms with E-state index in [-0.39, 0.29) is 5.41 Å². The van der Waals surface area contributed by atoms with Crippen molar-refractivity contribution in [3.63, 3.8) is 0 Å². The highest BCUT2D eigenvalue weighted by Crippen LogP contribution is 2.54. The fraction of sp³-hybridized carbons (Fsp3) is 0.107. The number of benzene rings is 10. The molecule has 0 heteroatoms. The van der Waals surface area contributed by atoms with Crippen LogP contribution in [0.1, 0.15) is 45.2 Å². The molecule has 0 spiro atoms. The molecule has 0 fully saturated rings. The van der Waals surface area contributed by atoms with Gasteiger partial charge in [0.05, 0.1) is 0 Å². The molecule has 0 nitrogen and oxygen atoms in total. The number of rotatable bonds is 3. The summed E-state index contributed by atoms with van der Waals surface area (Å²) in [6, 6.07) is 68.1. The Hall–Kier alpha value is -6.50. The first-order chi connectivity index (χ1) is 27.4. The van der Waals surface area contributed by atoms with Crippen LogP contribution in [0.4, 0.5) is 0 Å². The van der Waals surface area contributed by atoms with Crippen molar-refractivity contribution in [1.29, 1.82) is 0 Å². The van der Waals surface area contributed by atoms with Crippen LogP contribution in [0.3, 0.4) is 0 Å². The molecular formula is C56H44. The number of hydrogen-bond acceptors (Lipinski definition) is 0. The van der Waals surface area contributed by atoms with Gasteiger partial charge in [-0.3, -0.25) is 0 Å². The lowest BCUT2D eigenvalue weighted by Gasteiger charge is -2.24. The Morgan fingerprint density at radius 3 is 1.39 bits per heavy atom. The SMILES string of the molecule is CC1(C)c2cc(-c3cccc4ccccc34)ccc2-c2cc3c(-c4ccc5ccccc5c4)c4ccccc4c(-c4ccc5ccccc5c4)c3cc21.CCC. The molecule has 0 amide bonds. The van der Waals surface area contributed by atoms with Crippen molar-refractivity contribution in [1.82, 2.24) is 0 Å². The molecule has 0 atom stereocenters. The Balaban J connectivity index is 0.00000124. The van der Waals surface area contributed by atoms with Gasteiger partial charge in [0.25, 0.3) is 0 Å². The van der Waals surface area contributed by atoms with Crippen LogP contribution < -0.4 is 0 Å². The average molecular weight is 717 g/mol. The van der Waals surface area contributed by atoms with Crippen molar-refractivity contribution in [2.45, 2.75) is 39.5 Å². The summed E-state index contributed by atoms with van der Waals surface area (Å²) >= 11 is 0. The van der Waals surface area contributed by atoms with Gasteiger partial charge >= 0.3 is 0 Å². The Morgan fingerprint density at radius 1 is 0.321 bits per heavy atom. The summed E-state index contributed by atoms with van der Waals surface area (Å²) < 4.78 is 0. The van der Waals surface area contributed by atoms with Crippen LogP contribution in [0.5, 0.6) is 0 Å². The first kappa shape index (κ1) is 34.0. The van der Waals surface area contributed by atoms with Gasteiger partial charge in [-0.1, -0.05) is 186 Å². The molecule has 0 bridgehead atoms. The van der Waals surface area contributed by atoms with Crippen LogP contribution in [0.2, 0.25) is 0 Å². The van der Waals surface area contributed by atoms with Gasteiger partial charge in [-0.2, -0.15) is 0 Å². The van der Waals surface area contributed by atoms with Crippen molar-refractivity contribution in [3.8, 4) is 44.5 Å².